The van der Waals surface area contributed by atoms with Gasteiger partial charge < -0.3 is 10.1 Å². The van der Waals surface area contributed by atoms with E-state index in [0.717, 1.165) is 24.1 Å². The van der Waals surface area contributed by atoms with Gasteiger partial charge in [-0.05, 0) is 51.1 Å². The molecule has 1 N–H and O–H groups in total. The maximum atomic E-state index is 5.44. The van der Waals surface area contributed by atoms with Crippen molar-refractivity contribution in [3.05, 3.63) is 41.5 Å². The molecule has 0 radical (unpaired) electrons. The lowest BCUT2D eigenvalue weighted by Crippen LogP contribution is -2.28. The molecule has 2 nitrogen and oxygen atoms in total. The van der Waals surface area contributed by atoms with Crippen molar-refractivity contribution in [2.24, 2.45) is 11.8 Å². The fourth-order valence-electron chi connectivity index (χ4n) is 3.32. The molecule has 1 aromatic rings. The van der Waals surface area contributed by atoms with Crippen LogP contribution in [0.3, 0.4) is 0 Å². The Hall–Kier alpha value is -1.28. The highest BCUT2D eigenvalue weighted by Crippen LogP contribution is 2.29. The normalized spacial score (nSPS) is 24.1. The van der Waals surface area contributed by atoms with Crippen LogP contribution in [0.1, 0.15) is 45.2 Å². The van der Waals surface area contributed by atoms with Crippen LogP contribution in [0.5, 0.6) is 5.75 Å². The molecule has 2 heteroatoms. The number of para-hydroxylation sites is 1. The lowest BCUT2D eigenvalue weighted by atomic mass is 9.83. The third kappa shape index (κ3) is 3.86. The number of nitrogens with one attached hydrogen (secondary N) is 1. The molecule has 1 aliphatic carbocycles. The zero-order chi connectivity index (χ0) is 14.5. The van der Waals surface area contributed by atoms with Crippen LogP contribution in [0.15, 0.2) is 35.9 Å². The molecule has 0 fully saturated rings. The number of allylic oxidation sites excluding steroid dienone is 2. The first-order valence-electron chi connectivity index (χ1n) is 7.63. The van der Waals surface area contributed by atoms with E-state index >= 15 is 0 Å². The summed E-state index contributed by atoms with van der Waals surface area (Å²) >= 11 is 0. The Morgan fingerprint density at radius 2 is 2.10 bits per heavy atom. The van der Waals surface area contributed by atoms with E-state index in [1.165, 1.54) is 18.4 Å². The number of hydrogen-bond acceptors (Lipinski definition) is 2. The van der Waals surface area contributed by atoms with Gasteiger partial charge in [-0.3, -0.25) is 0 Å². The van der Waals surface area contributed by atoms with Crippen molar-refractivity contribution in [2.45, 2.75) is 39.7 Å². The standard InChI is InChI=1S/C18H27NO/c1-13-9-14(2)11-16(10-13)12-19-15(3)17-7-5-6-8-18(17)20-4/h5-9,13,15-16,19H,10-12H2,1-4H3/t13?,15-,16?/m0/s1. The fraction of sp³-hybridized carbons (Fsp3) is 0.556. The monoisotopic (exact) mass is 273 g/mol. The maximum absolute atomic E-state index is 5.44. The topological polar surface area (TPSA) is 21.3 Å². The van der Waals surface area contributed by atoms with Crippen LogP contribution >= 0.6 is 0 Å². The number of hydrogen-bond donors (Lipinski definition) is 1. The first kappa shape index (κ1) is 15.1. The van der Waals surface area contributed by atoms with E-state index < -0.39 is 0 Å². The minimum Gasteiger partial charge on any atom is -0.496 e. The van der Waals surface area contributed by atoms with Crippen LogP contribution in [-0.2, 0) is 0 Å². The average Bonchev–Trinajstić information content (AvgIpc) is 2.43. The highest BCUT2D eigenvalue weighted by atomic mass is 16.5. The van der Waals surface area contributed by atoms with Gasteiger partial charge in [0.2, 0.25) is 0 Å². The molecular weight excluding hydrogens is 246 g/mol. The van der Waals surface area contributed by atoms with Crippen LogP contribution in [-0.4, -0.2) is 13.7 Å². The van der Waals surface area contributed by atoms with Gasteiger partial charge in [0.25, 0.3) is 0 Å². The van der Waals surface area contributed by atoms with Gasteiger partial charge in [0.1, 0.15) is 5.75 Å². The Morgan fingerprint density at radius 3 is 2.80 bits per heavy atom. The Kier molecular flexibility index (Phi) is 5.24. The molecule has 1 aliphatic rings. The minimum absolute atomic E-state index is 0.327. The van der Waals surface area contributed by atoms with Gasteiger partial charge in [-0.15, -0.1) is 0 Å². The van der Waals surface area contributed by atoms with Crippen molar-refractivity contribution >= 4 is 0 Å². The fourth-order valence-corrected chi connectivity index (χ4v) is 3.32. The molecule has 0 bridgehead atoms. The average molecular weight is 273 g/mol. The van der Waals surface area contributed by atoms with Crippen LogP contribution in [0.25, 0.3) is 0 Å². The third-order valence-electron chi connectivity index (χ3n) is 4.20. The quantitative estimate of drug-likeness (QED) is 0.806. The van der Waals surface area contributed by atoms with Crippen molar-refractivity contribution in [3.8, 4) is 5.75 Å². The smallest absolute Gasteiger partial charge is 0.123 e. The summed E-state index contributed by atoms with van der Waals surface area (Å²) < 4.78 is 5.44. The molecule has 20 heavy (non-hydrogen) atoms. The summed E-state index contributed by atoms with van der Waals surface area (Å²) in [6, 6.07) is 8.60. The van der Waals surface area contributed by atoms with Gasteiger partial charge in [0, 0.05) is 11.6 Å². The lowest BCUT2D eigenvalue weighted by molar-refractivity contribution is 0.359. The summed E-state index contributed by atoms with van der Waals surface area (Å²) in [7, 11) is 1.74. The van der Waals surface area contributed by atoms with Crippen molar-refractivity contribution in [1.29, 1.82) is 0 Å². The molecule has 0 saturated carbocycles. The lowest BCUT2D eigenvalue weighted by Gasteiger charge is -2.27. The predicted octanol–water partition coefficient (Wildman–Crippen LogP) is 4.34. The van der Waals surface area contributed by atoms with E-state index in [1.54, 1.807) is 12.7 Å². The van der Waals surface area contributed by atoms with E-state index in [2.05, 4.69) is 44.3 Å². The molecule has 2 unspecified atom stereocenters. The largest absolute Gasteiger partial charge is 0.496 e. The zero-order valence-corrected chi connectivity index (χ0v) is 13.1. The second-order valence-corrected chi connectivity index (χ2v) is 6.17. The molecule has 0 aromatic heterocycles. The van der Waals surface area contributed by atoms with Crippen molar-refractivity contribution in [3.63, 3.8) is 0 Å². The van der Waals surface area contributed by atoms with Crippen LogP contribution in [0.4, 0.5) is 0 Å². The SMILES string of the molecule is COc1ccccc1[C@H](C)NCC1CC(C)=CC(C)C1. The summed E-state index contributed by atoms with van der Waals surface area (Å²) in [5.74, 6) is 2.45. The molecule has 0 amide bonds. The first-order chi connectivity index (χ1) is 9.60. The summed E-state index contributed by atoms with van der Waals surface area (Å²) in [5.41, 5.74) is 2.78. The van der Waals surface area contributed by atoms with Crippen LogP contribution < -0.4 is 10.1 Å². The highest BCUT2D eigenvalue weighted by molar-refractivity contribution is 5.35. The second kappa shape index (κ2) is 6.94. The molecular formula is C18H27NO. The van der Waals surface area contributed by atoms with Gasteiger partial charge in [0.15, 0.2) is 0 Å². The summed E-state index contributed by atoms with van der Waals surface area (Å²) in [6.45, 7) is 7.87. The Bertz CT molecular complexity index is 466. The van der Waals surface area contributed by atoms with Crippen LogP contribution in [0.2, 0.25) is 0 Å². The molecule has 3 atom stereocenters. The van der Waals surface area contributed by atoms with Gasteiger partial charge >= 0.3 is 0 Å². The van der Waals surface area contributed by atoms with Crippen LogP contribution in [0, 0.1) is 11.8 Å². The van der Waals surface area contributed by atoms with Gasteiger partial charge in [-0.2, -0.15) is 0 Å². The van der Waals surface area contributed by atoms with Gasteiger partial charge in [-0.25, -0.2) is 0 Å². The van der Waals surface area contributed by atoms with Crippen molar-refractivity contribution < 1.29 is 4.74 Å². The van der Waals surface area contributed by atoms with E-state index in [-0.39, 0.29) is 0 Å². The Morgan fingerprint density at radius 1 is 1.35 bits per heavy atom. The molecule has 0 saturated heterocycles. The van der Waals surface area contributed by atoms with E-state index in [9.17, 15) is 0 Å². The minimum atomic E-state index is 0.327. The number of rotatable bonds is 5. The molecule has 0 heterocycles. The molecule has 2 rings (SSSR count). The summed E-state index contributed by atoms with van der Waals surface area (Å²) in [6.07, 6.45) is 4.94. The second-order valence-electron chi connectivity index (χ2n) is 6.17. The maximum Gasteiger partial charge on any atom is 0.123 e. The number of benzene rings is 1. The molecule has 1 aromatic carbocycles. The van der Waals surface area contributed by atoms with Crippen molar-refractivity contribution in [1.82, 2.24) is 5.32 Å². The molecule has 110 valence electrons. The summed E-state index contributed by atoms with van der Waals surface area (Å²) in [5, 5.41) is 3.68. The van der Waals surface area contributed by atoms with Gasteiger partial charge in [-0.1, -0.05) is 36.8 Å². The van der Waals surface area contributed by atoms with Crippen molar-refractivity contribution in [2.75, 3.05) is 13.7 Å². The molecule has 0 spiro atoms. The Balaban J connectivity index is 1.92. The Labute approximate surface area is 123 Å². The van der Waals surface area contributed by atoms with E-state index in [0.29, 0.717) is 6.04 Å². The highest BCUT2D eigenvalue weighted by Gasteiger charge is 2.19. The third-order valence-corrected chi connectivity index (χ3v) is 4.20. The van der Waals surface area contributed by atoms with E-state index in [1.807, 2.05) is 12.1 Å². The summed E-state index contributed by atoms with van der Waals surface area (Å²) in [4.78, 5) is 0. The van der Waals surface area contributed by atoms with E-state index in [4.69, 9.17) is 4.74 Å². The zero-order valence-electron chi connectivity index (χ0n) is 13.1. The predicted molar refractivity (Wildman–Crippen MR) is 85.1 cm³/mol. The van der Waals surface area contributed by atoms with Gasteiger partial charge in [0.05, 0.1) is 7.11 Å². The first-order valence-corrected chi connectivity index (χ1v) is 7.63. The number of methoxy groups -OCH3 is 1. The number of ether oxygens (including phenoxy) is 1. The molecule has 0 aliphatic heterocycles.